The van der Waals surface area contributed by atoms with E-state index >= 15 is 0 Å². The maximum Gasteiger partial charge on any atom is 0.329 e. The van der Waals surface area contributed by atoms with E-state index in [4.69, 9.17) is 25.1 Å². The second-order valence-electron chi connectivity index (χ2n) is 5.68. The van der Waals surface area contributed by atoms with E-state index in [9.17, 15) is 4.79 Å². The van der Waals surface area contributed by atoms with Gasteiger partial charge in [-0.05, 0) is 50.3 Å². The van der Waals surface area contributed by atoms with E-state index in [1.54, 1.807) is 0 Å². The number of benzene rings is 1. The standard InChI is InChI=1S/C18H29NO5.ClH/c1-15(19)16-7-5-8-17(13-16)24-12-4-2-3-9-22-10-6-11-23-14-18(20)21;/h5,7-8,13,15H,2-4,6,9-12,14,19H2,1H3,(H,20,21);1H/t15-;/m0./s1. The highest BCUT2D eigenvalue weighted by Gasteiger charge is 2.01. The topological polar surface area (TPSA) is 91.0 Å². The van der Waals surface area contributed by atoms with Crippen molar-refractivity contribution in [2.24, 2.45) is 5.73 Å². The lowest BCUT2D eigenvalue weighted by Gasteiger charge is -2.10. The Labute approximate surface area is 156 Å². The highest BCUT2D eigenvalue weighted by Crippen LogP contribution is 2.17. The van der Waals surface area contributed by atoms with Crippen molar-refractivity contribution < 1.29 is 24.1 Å². The van der Waals surface area contributed by atoms with Crippen molar-refractivity contribution in [2.75, 3.05) is 33.0 Å². The third-order valence-electron chi connectivity index (χ3n) is 3.39. The Morgan fingerprint density at radius 1 is 1.08 bits per heavy atom. The molecule has 144 valence electrons. The number of nitrogens with two attached hydrogens (primary N) is 1. The van der Waals surface area contributed by atoms with Crippen molar-refractivity contribution in [2.45, 2.75) is 38.6 Å². The predicted molar refractivity (Wildman–Crippen MR) is 99.5 cm³/mol. The summed E-state index contributed by atoms with van der Waals surface area (Å²) in [5.74, 6) is -0.0789. The van der Waals surface area contributed by atoms with E-state index in [1.165, 1.54) is 0 Å². The minimum atomic E-state index is -0.942. The smallest absolute Gasteiger partial charge is 0.329 e. The quantitative estimate of drug-likeness (QED) is 0.485. The van der Waals surface area contributed by atoms with Gasteiger partial charge in [0, 0.05) is 25.9 Å². The van der Waals surface area contributed by atoms with Crippen LogP contribution in [0.5, 0.6) is 5.75 Å². The van der Waals surface area contributed by atoms with Gasteiger partial charge in [0.1, 0.15) is 12.4 Å². The molecule has 1 aromatic carbocycles. The lowest BCUT2D eigenvalue weighted by molar-refractivity contribution is -0.142. The molecule has 0 heterocycles. The molecule has 0 aliphatic carbocycles. The molecule has 0 saturated heterocycles. The van der Waals surface area contributed by atoms with Crippen LogP contribution in [0.25, 0.3) is 0 Å². The molecule has 3 N–H and O–H groups in total. The number of hydrogen-bond donors (Lipinski definition) is 2. The molecule has 0 spiro atoms. The van der Waals surface area contributed by atoms with Gasteiger partial charge in [-0.25, -0.2) is 4.79 Å². The average molecular weight is 376 g/mol. The molecule has 0 saturated carbocycles. The minimum absolute atomic E-state index is 0. The molecule has 0 aromatic heterocycles. The Hall–Kier alpha value is -1.34. The normalized spacial score (nSPS) is 11.6. The van der Waals surface area contributed by atoms with E-state index < -0.39 is 5.97 Å². The molecule has 0 fully saturated rings. The second kappa shape index (κ2) is 15.0. The van der Waals surface area contributed by atoms with Gasteiger partial charge in [-0.15, -0.1) is 12.4 Å². The molecule has 1 aromatic rings. The maximum atomic E-state index is 10.2. The molecule has 7 heteroatoms. The summed E-state index contributed by atoms with van der Waals surface area (Å²) >= 11 is 0. The monoisotopic (exact) mass is 375 g/mol. The molecular weight excluding hydrogens is 346 g/mol. The van der Waals surface area contributed by atoms with Crippen LogP contribution in [-0.2, 0) is 14.3 Å². The molecule has 0 bridgehead atoms. The second-order valence-corrected chi connectivity index (χ2v) is 5.68. The maximum absolute atomic E-state index is 10.2. The number of unbranched alkanes of at least 4 members (excludes halogenated alkanes) is 2. The Bertz CT molecular complexity index is 471. The van der Waals surface area contributed by atoms with Crippen LogP contribution >= 0.6 is 12.4 Å². The molecule has 25 heavy (non-hydrogen) atoms. The van der Waals surface area contributed by atoms with Gasteiger partial charge < -0.3 is 25.1 Å². The first kappa shape index (κ1) is 23.7. The highest BCUT2D eigenvalue weighted by atomic mass is 35.5. The zero-order chi connectivity index (χ0) is 17.6. The lowest BCUT2D eigenvalue weighted by atomic mass is 10.1. The largest absolute Gasteiger partial charge is 0.494 e. The van der Waals surface area contributed by atoms with Gasteiger partial charge in [0.05, 0.1) is 6.61 Å². The van der Waals surface area contributed by atoms with Gasteiger partial charge in [0.25, 0.3) is 0 Å². The Balaban J connectivity index is 0.00000576. The molecule has 1 rings (SSSR count). The number of halogens is 1. The Morgan fingerprint density at radius 2 is 1.76 bits per heavy atom. The zero-order valence-electron chi connectivity index (χ0n) is 14.8. The Morgan fingerprint density at radius 3 is 2.48 bits per heavy atom. The summed E-state index contributed by atoms with van der Waals surface area (Å²) in [6, 6.07) is 7.91. The molecule has 0 aliphatic heterocycles. The van der Waals surface area contributed by atoms with Crippen LogP contribution in [0, 0.1) is 0 Å². The molecular formula is C18H30ClNO5. The fourth-order valence-corrected chi connectivity index (χ4v) is 2.09. The summed E-state index contributed by atoms with van der Waals surface area (Å²) < 4.78 is 16.1. The molecule has 0 amide bonds. The first-order valence-corrected chi connectivity index (χ1v) is 8.45. The number of carboxylic acid groups (broad SMARTS) is 1. The summed E-state index contributed by atoms with van der Waals surface area (Å²) in [4.78, 5) is 10.2. The van der Waals surface area contributed by atoms with Crippen LogP contribution in [0.1, 0.15) is 44.2 Å². The average Bonchev–Trinajstić information content (AvgIpc) is 2.55. The van der Waals surface area contributed by atoms with Gasteiger partial charge in [-0.2, -0.15) is 0 Å². The summed E-state index contributed by atoms with van der Waals surface area (Å²) in [6.07, 6.45) is 3.72. The van der Waals surface area contributed by atoms with Gasteiger partial charge >= 0.3 is 5.97 Å². The number of rotatable bonds is 14. The number of ether oxygens (including phenoxy) is 3. The number of carboxylic acids is 1. The van der Waals surface area contributed by atoms with Crippen molar-refractivity contribution in [1.29, 1.82) is 0 Å². The number of aliphatic carboxylic acids is 1. The van der Waals surface area contributed by atoms with Crippen molar-refractivity contribution in [3.63, 3.8) is 0 Å². The van der Waals surface area contributed by atoms with Crippen LogP contribution in [-0.4, -0.2) is 44.1 Å². The molecule has 1 atom stereocenters. The van der Waals surface area contributed by atoms with E-state index in [-0.39, 0.29) is 25.1 Å². The van der Waals surface area contributed by atoms with Crippen LogP contribution in [0.3, 0.4) is 0 Å². The summed E-state index contributed by atoms with van der Waals surface area (Å²) in [6.45, 7) is 4.12. The third kappa shape index (κ3) is 12.6. The van der Waals surface area contributed by atoms with Crippen LogP contribution in [0.15, 0.2) is 24.3 Å². The summed E-state index contributed by atoms with van der Waals surface area (Å²) in [5, 5.41) is 8.40. The summed E-state index contributed by atoms with van der Waals surface area (Å²) in [5.41, 5.74) is 6.93. The van der Waals surface area contributed by atoms with E-state index in [0.717, 1.165) is 30.6 Å². The van der Waals surface area contributed by atoms with E-state index in [1.807, 2.05) is 31.2 Å². The minimum Gasteiger partial charge on any atom is -0.494 e. The molecule has 0 aliphatic rings. The van der Waals surface area contributed by atoms with Crippen molar-refractivity contribution in [3.8, 4) is 5.75 Å². The Kier molecular flexibility index (Phi) is 14.2. The van der Waals surface area contributed by atoms with Crippen LogP contribution < -0.4 is 10.5 Å². The first-order chi connectivity index (χ1) is 11.6. The third-order valence-corrected chi connectivity index (χ3v) is 3.39. The van der Waals surface area contributed by atoms with Gasteiger partial charge in [-0.1, -0.05) is 12.1 Å². The SMILES string of the molecule is C[C@H](N)c1cccc(OCCCCCOCCCOCC(=O)O)c1.Cl. The predicted octanol–water partition coefficient (Wildman–Crippen LogP) is 3.19. The van der Waals surface area contributed by atoms with E-state index in [2.05, 4.69) is 0 Å². The molecule has 0 unspecified atom stereocenters. The highest BCUT2D eigenvalue weighted by molar-refractivity contribution is 5.85. The van der Waals surface area contributed by atoms with Crippen LogP contribution in [0.4, 0.5) is 0 Å². The van der Waals surface area contributed by atoms with E-state index in [0.29, 0.717) is 32.8 Å². The van der Waals surface area contributed by atoms with Crippen LogP contribution in [0.2, 0.25) is 0 Å². The fourth-order valence-electron chi connectivity index (χ4n) is 2.09. The summed E-state index contributed by atoms with van der Waals surface area (Å²) in [7, 11) is 0. The van der Waals surface area contributed by atoms with Gasteiger partial charge in [0.15, 0.2) is 0 Å². The molecule has 0 radical (unpaired) electrons. The lowest BCUT2D eigenvalue weighted by Crippen LogP contribution is -2.09. The first-order valence-electron chi connectivity index (χ1n) is 8.45. The zero-order valence-corrected chi connectivity index (χ0v) is 15.6. The van der Waals surface area contributed by atoms with Gasteiger partial charge in [-0.3, -0.25) is 0 Å². The van der Waals surface area contributed by atoms with Crippen molar-refractivity contribution >= 4 is 18.4 Å². The fraction of sp³-hybridized carbons (Fsp3) is 0.611. The van der Waals surface area contributed by atoms with Crippen molar-refractivity contribution in [3.05, 3.63) is 29.8 Å². The number of carbonyl (C=O) groups is 1. The van der Waals surface area contributed by atoms with Gasteiger partial charge in [0.2, 0.25) is 0 Å². The molecule has 6 nitrogen and oxygen atoms in total. The van der Waals surface area contributed by atoms with Crippen molar-refractivity contribution in [1.82, 2.24) is 0 Å². The number of hydrogen-bond acceptors (Lipinski definition) is 5.